The number of carbonyl (C=O) groups excluding carboxylic acids is 1. The van der Waals surface area contributed by atoms with Gasteiger partial charge in [0.2, 0.25) is 0 Å². The van der Waals surface area contributed by atoms with Gasteiger partial charge >= 0.3 is 11.9 Å². The molecule has 0 aliphatic heterocycles. The van der Waals surface area contributed by atoms with Crippen molar-refractivity contribution < 1.29 is 29.1 Å². The average molecular weight is 298 g/mol. The first-order valence-electron chi connectivity index (χ1n) is 6.57. The third kappa shape index (κ3) is 4.59. The standard InChI is InChI=1S/C13H18N2O6/c1-3-8-11(7(2)21-15-8)12(18)14-9(13(19)20)5-4-6-10(16)17/h9H,3-6H2,1-2H3,(H,14,18)(H,16,17)(H,19,20)/t9-/m1/s1. The van der Waals surface area contributed by atoms with Crippen molar-refractivity contribution >= 4 is 17.8 Å². The van der Waals surface area contributed by atoms with E-state index in [1.807, 2.05) is 0 Å². The van der Waals surface area contributed by atoms with Gasteiger partial charge in [-0.05, 0) is 26.2 Å². The van der Waals surface area contributed by atoms with E-state index in [2.05, 4.69) is 10.5 Å². The maximum atomic E-state index is 12.1. The lowest BCUT2D eigenvalue weighted by molar-refractivity contribution is -0.140. The Morgan fingerprint density at radius 2 is 2.00 bits per heavy atom. The number of aliphatic carboxylic acids is 2. The molecule has 0 unspecified atom stereocenters. The summed E-state index contributed by atoms with van der Waals surface area (Å²) in [6, 6.07) is -1.14. The molecule has 0 bridgehead atoms. The van der Waals surface area contributed by atoms with Crippen LogP contribution in [0.25, 0.3) is 0 Å². The minimum atomic E-state index is -1.21. The molecule has 0 aliphatic rings. The van der Waals surface area contributed by atoms with Crippen LogP contribution in [0.3, 0.4) is 0 Å². The molecule has 0 aliphatic carbocycles. The lowest BCUT2D eigenvalue weighted by Crippen LogP contribution is -2.41. The predicted octanol–water partition coefficient (Wildman–Crippen LogP) is 0.983. The number of rotatable bonds is 8. The van der Waals surface area contributed by atoms with Crippen LogP contribution in [-0.4, -0.2) is 39.3 Å². The Labute approximate surface area is 121 Å². The van der Waals surface area contributed by atoms with Crippen molar-refractivity contribution in [1.29, 1.82) is 0 Å². The van der Waals surface area contributed by atoms with Gasteiger partial charge in [0.15, 0.2) is 0 Å². The third-order valence-electron chi connectivity index (χ3n) is 2.98. The molecule has 0 spiro atoms. The zero-order valence-corrected chi connectivity index (χ0v) is 11.9. The summed E-state index contributed by atoms with van der Waals surface area (Å²) in [5.74, 6) is -2.47. The van der Waals surface area contributed by atoms with Gasteiger partial charge in [0.05, 0.1) is 5.69 Å². The van der Waals surface area contributed by atoms with Gasteiger partial charge in [0.25, 0.3) is 5.91 Å². The molecular formula is C13H18N2O6. The third-order valence-corrected chi connectivity index (χ3v) is 2.98. The molecule has 0 saturated heterocycles. The first kappa shape index (κ1) is 16.7. The smallest absolute Gasteiger partial charge is 0.326 e. The molecule has 1 rings (SSSR count). The molecule has 8 heteroatoms. The van der Waals surface area contributed by atoms with E-state index in [4.69, 9.17) is 14.7 Å². The number of nitrogens with one attached hydrogen (secondary N) is 1. The molecule has 116 valence electrons. The van der Waals surface area contributed by atoms with Crippen molar-refractivity contribution in [3.05, 3.63) is 17.0 Å². The fraction of sp³-hybridized carbons (Fsp3) is 0.538. The van der Waals surface area contributed by atoms with Crippen LogP contribution in [0.1, 0.15) is 48.0 Å². The Hall–Kier alpha value is -2.38. The average Bonchev–Trinajstić information content (AvgIpc) is 2.78. The van der Waals surface area contributed by atoms with Gasteiger partial charge in [-0.1, -0.05) is 12.1 Å². The highest BCUT2D eigenvalue weighted by atomic mass is 16.5. The molecule has 1 heterocycles. The number of carboxylic acid groups (broad SMARTS) is 2. The van der Waals surface area contributed by atoms with Crippen LogP contribution in [-0.2, 0) is 16.0 Å². The first-order valence-corrected chi connectivity index (χ1v) is 6.57. The van der Waals surface area contributed by atoms with E-state index < -0.39 is 23.9 Å². The highest BCUT2D eigenvalue weighted by molar-refractivity contribution is 5.98. The Morgan fingerprint density at radius 1 is 1.33 bits per heavy atom. The van der Waals surface area contributed by atoms with Crippen LogP contribution < -0.4 is 5.32 Å². The second-order valence-electron chi connectivity index (χ2n) is 4.56. The minimum Gasteiger partial charge on any atom is -0.481 e. The molecule has 1 aromatic heterocycles. The number of carboxylic acids is 2. The van der Waals surface area contributed by atoms with E-state index in [-0.39, 0.29) is 24.8 Å². The van der Waals surface area contributed by atoms with Crippen molar-refractivity contribution in [3.8, 4) is 0 Å². The maximum absolute atomic E-state index is 12.1. The van der Waals surface area contributed by atoms with E-state index in [1.54, 1.807) is 13.8 Å². The Kier molecular flexibility index (Phi) is 5.89. The molecular weight excluding hydrogens is 280 g/mol. The summed E-state index contributed by atoms with van der Waals surface area (Å²) < 4.78 is 4.93. The van der Waals surface area contributed by atoms with Crippen molar-refractivity contribution in [1.82, 2.24) is 10.5 Å². The number of aryl methyl sites for hydroxylation is 2. The van der Waals surface area contributed by atoms with E-state index in [9.17, 15) is 14.4 Å². The molecule has 8 nitrogen and oxygen atoms in total. The number of nitrogens with zero attached hydrogens (tertiary/aromatic N) is 1. The normalized spacial score (nSPS) is 11.9. The number of aromatic nitrogens is 1. The van der Waals surface area contributed by atoms with Gasteiger partial charge < -0.3 is 20.1 Å². The summed E-state index contributed by atoms with van der Waals surface area (Å²) in [5.41, 5.74) is 0.696. The molecule has 0 aromatic carbocycles. The van der Waals surface area contributed by atoms with Gasteiger partial charge in [-0.25, -0.2) is 4.79 Å². The molecule has 0 fully saturated rings. The summed E-state index contributed by atoms with van der Waals surface area (Å²) in [7, 11) is 0. The van der Waals surface area contributed by atoms with Gasteiger partial charge in [-0.3, -0.25) is 9.59 Å². The van der Waals surface area contributed by atoms with Crippen LogP contribution >= 0.6 is 0 Å². The fourth-order valence-electron chi connectivity index (χ4n) is 1.90. The first-order chi connectivity index (χ1) is 9.86. The van der Waals surface area contributed by atoms with Crippen molar-refractivity contribution in [2.45, 2.75) is 45.6 Å². The lowest BCUT2D eigenvalue weighted by Gasteiger charge is -2.14. The highest BCUT2D eigenvalue weighted by Gasteiger charge is 2.25. The second kappa shape index (κ2) is 7.41. The largest absolute Gasteiger partial charge is 0.481 e. The zero-order valence-electron chi connectivity index (χ0n) is 11.9. The Balaban J connectivity index is 2.74. The number of hydrogen-bond donors (Lipinski definition) is 3. The van der Waals surface area contributed by atoms with Crippen molar-refractivity contribution in [2.75, 3.05) is 0 Å². The molecule has 21 heavy (non-hydrogen) atoms. The van der Waals surface area contributed by atoms with E-state index >= 15 is 0 Å². The summed E-state index contributed by atoms with van der Waals surface area (Å²) in [4.78, 5) is 33.7. The van der Waals surface area contributed by atoms with Gasteiger partial charge in [-0.15, -0.1) is 0 Å². The summed E-state index contributed by atoms with van der Waals surface area (Å²) in [6.07, 6.45) is 0.540. The lowest BCUT2D eigenvalue weighted by atomic mass is 10.1. The molecule has 0 saturated carbocycles. The monoisotopic (exact) mass is 298 g/mol. The minimum absolute atomic E-state index is 0.0408. The summed E-state index contributed by atoms with van der Waals surface area (Å²) in [6.45, 7) is 3.37. The van der Waals surface area contributed by atoms with E-state index in [0.717, 1.165) is 0 Å². The van der Waals surface area contributed by atoms with Crippen molar-refractivity contribution in [2.24, 2.45) is 0 Å². The summed E-state index contributed by atoms with van der Waals surface area (Å²) >= 11 is 0. The maximum Gasteiger partial charge on any atom is 0.326 e. The Bertz CT molecular complexity index is 537. The van der Waals surface area contributed by atoms with Crippen LogP contribution in [0.4, 0.5) is 0 Å². The van der Waals surface area contributed by atoms with E-state index in [1.165, 1.54) is 0 Å². The number of carbonyl (C=O) groups is 3. The summed E-state index contributed by atoms with van der Waals surface area (Å²) in [5, 5.41) is 23.7. The molecule has 1 atom stereocenters. The van der Waals surface area contributed by atoms with Gasteiger partial charge in [0.1, 0.15) is 17.4 Å². The van der Waals surface area contributed by atoms with Crippen LogP contribution in [0.2, 0.25) is 0 Å². The number of hydrogen-bond acceptors (Lipinski definition) is 5. The van der Waals surface area contributed by atoms with Gasteiger partial charge in [0, 0.05) is 6.42 Å². The van der Waals surface area contributed by atoms with Crippen molar-refractivity contribution in [3.63, 3.8) is 0 Å². The van der Waals surface area contributed by atoms with Gasteiger partial charge in [-0.2, -0.15) is 0 Å². The van der Waals surface area contributed by atoms with Crippen LogP contribution in [0.5, 0.6) is 0 Å². The molecule has 1 aromatic rings. The number of amides is 1. The highest BCUT2D eigenvalue weighted by Crippen LogP contribution is 2.14. The topological polar surface area (TPSA) is 130 Å². The quantitative estimate of drug-likeness (QED) is 0.652. The predicted molar refractivity (Wildman–Crippen MR) is 71.0 cm³/mol. The fourth-order valence-corrected chi connectivity index (χ4v) is 1.90. The van der Waals surface area contributed by atoms with Crippen LogP contribution in [0.15, 0.2) is 4.52 Å². The molecule has 1 amide bonds. The molecule has 3 N–H and O–H groups in total. The Morgan fingerprint density at radius 3 is 2.52 bits per heavy atom. The second-order valence-corrected chi connectivity index (χ2v) is 4.56. The van der Waals surface area contributed by atoms with Crippen LogP contribution in [0, 0.1) is 6.92 Å². The SMILES string of the molecule is CCc1noc(C)c1C(=O)N[C@H](CCCC(=O)O)C(=O)O. The molecule has 0 radical (unpaired) electrons. The zero-order chi connectivity index (χ0) is 16.0. The van der Waals surface area contributed by atoms with E-state index in [0.29, 0.717) is 17.9 Å².